The molecule has 1 amide bonds. The first kappa shape index (κ1) is 27.4. The number of likely N-dealkylation sites (tertiary alicyclic amines) is 1. The summed E-state index contributed by atoms with van der Waals surface area (Å²) in [5.74, 6) is 2.35. The fourth-order valence-electron chi connectivity index (χ4n) is 5.06. The third-order valence-corrected chi connectivity index (χ3v) is 7.15. The predicted molar refractivity (Wildman–Crippen MR) is 156 cm³/mol. The molecular weight excluding hydrogens is 534 g/mol. The molecule has 42 heavy (non-hydrogen) atoms. The van der Waals surface area contributed by atoms with Crippen molar-refractivity contribution in [1.29, 1.82) is 0 Å². The number of pyridine rings is 2. The summed E-state index contributed by atoms with van der Waals surface area (Å²) in [7, 11) is 1.63. The first-order valence-electron chi connectivity index (χ1n) is 14.0. The maximum absolute atomic E-state index is 12.4. The van der Waals surface area contributed by atoms with Gasteiger partial charge in [0.1, 0.15) is 23.7 Å². The minimum absolute atomic E-state index is 0.182. The van der Waals surface area contributed by atoms with Gasteiger partial charge in [0.25, 0.3) is 0 Å². The lowest BCUT2D eigenvalue weighted by molar-refractivity contribution is 0.0288. The summed E-state index contributed by atoms with van der Waals surface area (Å²) in [4.78, 5) is 23.3. The Bertz CT molecular complexity index is 1730. The Morgan fingerprint density at radius 3 is 2.71 bits per heavy atom. The number of aromatic nitrogens is 6. The van der Waals surface area contributed by atoms with Crippen molar-refractivity contribution in [3.05, 3.63) is 72.4 Å². The van der Waals surface area contributed by atoms with Gasteiger partial charge in [-0.25, -0.2) is 4.79 Å². The Labute approximate surface area is 243 Å². The van der Waals surface area contributed by atoms with E-state index in [2.05, 4.69) is 15.2 Å². The zero-order chi connectivity index (χ0) is 29.3. The molecule has 1 atom stereocenters. The van der Waals surface area contributed by atoms with Gasteiger partial charge < -0.3 is 19.1 Å². The van der Waals surface area contributed by atoms with E-state index >= 15 is 0 Å². The number of rotatable bonds is 7. The number of carbonyl (C=O) groups is 1. The number of amides is 1. The van der Waals surface area contributed by atoms with Gasteiger partial charge in [0.05, 0.1) is 18.3 Å². The van der Waals surface area contributed by atoms with Gasteiger partial charge in [0.2, 0.25) is 0 Å². The van der Waals surface area contributed by atoms with Crippen molar-refractivity contribution in [1.82, 2.24) is 34.7 Å². The lowest BCUT2D eigenvalue weighted by Gasteiger charge is -2.24. The third kappa shape index (κ3) is 5.95. The van der Waals surface area contributed by atoms with Crippen molar-refractivity contribution in [3.8, 4) is 22.8 Å². The summed E-state index contributed by atoms with van der Waals surface area (Å²) in [6, 6.07) is 15.3. The van der Waals surface area contributed by atoms with Crippen LogP contribution in [0.15, 0.2) is 60.9 Å². The molecule has 1 aliphatic rings. The minimum atomic E-state index is -0.492. The molecule has 5 heterocycles. The highest BCUT2D eigenvalue weighted by atomic mass is 16.6. The van der Waals surface area contributed by atoms with Gasteiger partial charge in [-0.1, -0.05) is 0 Å². The summed E-state index contributed by atoms with van der Waals surface area (Å²) >= 11 is 0. The molecule has 4 aromatic heterocycles. The largest absolute Gasteiger partial charge is 0.497 e. The topological polar surface area (TPSA) is 117 Å². The van der Waals surface area contributed by atoms with E-state index in [1.165, 1.54) is 0 Å². The van der Waals surface area contributed by atoms with Crippen LogP contribution in [-0.4, -0.2) is 66.6 Å². The lowest BCUT2D eigenvalue weighted by Crippen LogP contribution is -2.35. The van der Waals surface area contributed by atoms with Crippen LogP contribution in [0.3, 0.4) is 0 Å². The van der Waals surface area contributed by atoms with Crippen LogP contribution in [0.25, 0.3) is 27.8 Å². The normalized spacial score (nSPS) is 15.3. The number of carbonyl (C=O) groups excluding carboxylic acids is 1. The number of fused-ring (bicyclic) bond motifs is 2. The quantitative estimate of drug-likeness (QED) is 0.264. The first-order chi connectivity index (χ1) is 20.3. The Hall–Kier alpha value is -4.80. The fraction of sp³-hybridized carbons (Fsp3) is 0.355. The van der Waals surface area contributed by atoms with E-state index in [1.807, 2.05) is 75.5 Å². The van der Waals surface area contributed by atoms with Gasteiger partial charge in [0.15, 0.2) is 11.5 Å². The number of benzene rings is 1. The van der Waals surface area contributed by atoms with Crippen molar-refractivity contribution < 1.29 is 19.0 Å². The molecule has 6 rings (SSSR count). The van der Waals surface area contributed by atoms with Gasteiger partial charge in [-0.05, 0) is 82.0 Å². The van der Waals surface area contributed by atoms with Crippen LogP contribution >= 0.6 is 0 Å². The predicted octanol–water partition coefficient (Wildman–Crippen LogP) is 5.12. The summed E-state index contributed by atoms with van der Waals surface area (Å²) in [5.41, 5.74) is 3.53. The lowest BCUT2D eigenvalue weighted by atomic mass is 10.0. The second-order valence-corrected chi connectivity index (χ2v) is 11.4. The zero-order valence-electron chi connectivity index (χ0n) is 24.1. The highest BCUT2D eigenvalue weighted by molar-refractivity contribution is 5.86. The van der Waals surface area contributed by atoms with E-state index in [0.717, 1.165) is 46.4 Å². The van der Waals surface area contributed by atoms with E-state index in [1.54, 1.807) is 22.7 Å². The molecule has 11 nitrogen and oxygen atoms in total. The molecule has 1 saturated heterocycles. The zero-order valence-corrected chi connectivity index (χ0v) is 24.1. The van der Waals surface area contributed by atoms with Gasteiger partial charge in [-0.2, -0.15) is 9.61 Å². The average molecular weight is 568 g/mol. The highest BCUT2D eigenvalue weighted by Gasteiger charge is 2.30. The molecular formula is C31H33N7O4. The second kappa shape index (κ2) is 11.2. The molecule has 5 aromatic rings. The summed E-state index contributed by atoms with van der Waals surface area (Å²) in [6.45, 7) is 7.23. The summed E-state index contributed by atoms with van der Waals surface area (Å²) in [5, 5.41) is 14.2. The van der Waals surface area contributed by atoms with E-state index in [4.69, 9.17) is 24.3 Å². The van der Waals surface area contributed by atoms with Crippen molar-refractivity contribution >= 4 is 22.6 Å². The SMILES string of the molecule is COc1ccc2c(OCc3nnc4ccc(-c5ccc(CC6CCN(C(=O)OC(C)(C)C)C6)nc5)nn34)ccnc2c1. The van der Waals surface area contributed by atoms with Crippen LogP contribution < -0.4 is 9.47 Å². The van der Waals surface area contributed by atoms with E-state index in [-0.39, 0.29) is 12.7 Å². The molecule has 1 fully saturated rings. The Morgan fingerprint density at radius 1 is 1.05 bits per heavy atom. The van der Waals surface area contributed by atoms with Crippen LogP contribution in [0.4, 0.5) is 4.79 Å². The van der Waals surface area contributed by atoms with E-state index < -0.39 is 5.60 Å². The molecule has 1 aliphatic heterocycles. The van der Waals surface area contributed by atoms with Gasteiger partial charge in [-0.3, -0.25) is 9.97 Å². The van der Waals surface area contributed by atoms with Crippen LogP contribution in [-0.2, 0) is 17.8 Å². The molecule has 216 valence electrons. The Morgan fingerprint density at radius 2 is 1.93 bits per heavy atom. The average Bonchev–Trinajstić information content (AvgIpc) is 3.62. The smallest absolute Gasteiger partial charge is 0.410 e. The summed E-state index contributed by atoms with van der Waals surface area (Å²) in [6.07, 6.45) is 5.03. The van der Waals surface area contributed by atoms with Crippen LogP contribution in [0.5, 0.6) is 11.5 Å². The standard InChI is InChI=1S/C31H33N7O4/c1-31(2,3)42-30(39)37-14-12-20(18-37)15-22-6-5-21(17-33-22)25-9-10-28-34-35-29(38(28)36-25)19-41-27-11-13-32-26-16-23(40-4)7-8-24(26)27/h5-11,13,16-17,20H,12,14-15,18-19H2,1-4H3. The number of hydrogen-bond acceptors (Lipinski definition) is 9. The molecule has 1 unspecified atom stereocenters. The molecule has 0 radical (unpaired) electrons. The van der Waals surface area contributed by atoms with Crippen molar-refractivity contribution in [3.63, 3.8) is 0 Å². The molecule has 11 heteroatoms. The Balaban J connectivity index is 1.12. The van der Waals surface area contributed by atoms with Gasteiger partial charge >= 0.3 is 6.09 Å². The van der Waals surface area contributed by atoms with E-state index in [0.29, 0.717) is 36.2 Å². The molecule has 0 bridgehead atoms. The number of hydrogen-bond donors (Lipinski definition) is 0. The molecule has 1 aromatic carbocycles. The molecule has 0 spiro atoms. The number of nitrogens with zero attached hydrogens (tertiary/aromatic N) is 7. The van der Waals surface area contributed by atoms with Crippen molar-refractivity contribution in [2.75, 3.05) is 20.2 Å². The number of ether oxygens (including phenoxy) is 3. The van der Waals surface area contributed by atoms with Crippen molar-refractivity contribution in [2.24, 2.45) is 5.92 Å². The highest BCUT2D eigenvalue weighted by Crippen LogP contribution is 2.28. The molecule has 0 N–H and O–H groups in total. The van der Waals surface area contributed by atoms with Gasteiger partial charge in [0, 0.05) is 48.2 Å². The minimum Gasteiger partial charge on any atom is -0.497 e. The fourth-order valence-corrected chi connectivity index (χ4v) is 5.06. The van der Waals surface area contributed by atoms with Crippen LogP contribution in [0.1, 0.15) is 38.7 Å². The Kier molecular flexibility index (Phi) is 7.32. The monoisotopic (exact) mass is 567 g/mol. The molecule has 0 aliphatic carbocycles. The summed E-state index contributed by atoms with van der Waals surface area (Å²) < 4.78 is 18.6. The van der Waals surface area contributed by atoms with Gasteiger partial charge in [-0.15, -0.1) is 10.2 Å². The van der Waals surface area contributed by atoms with Crippen LogP contribution in [0, 0.1) is 5.92 Å². The second-order valence-electron chi connectivity index (χ2n) is 11.4. The van der Waals surface area contributed by atoms with Crippen molar-refractivity contribution in [2.45, 2.75) is 45.8 Å². The number of methoxy groups -OCH3 is 1. The van der Waals surface area contributed by atoms with Crippen LogP contribution in [0.2, 0.25) is 0 Å². The molecule has 0 saturated carbocycles. The third-order valence-electron chi connectivity index (χ3n) is 7.15. The van der Waals surface area contributed by atoms with E-state index in [9.17, 15) is 4.79 Å². The maximum Gasteiger partial charge on any atom is 0.410 e. The maximum atomic E-state index is 12.4. The first-order valence-corrected chi connectivity index (χ1v) is 14.0.